The van der Waals surface area contributed by atoms with Gasteiger partial charge in [-0.3, -0.25) is 19.4 Å². The Morgan fingerprint density at radius 2 is 1.88 bits per heavy atom. The highest BCUT2D eigenvalue weighted by atomic mass is 16.5. The fourth-order valence-electron chi connectivity index (χ4n) is 2.61. The summed E-state index contributed by atoms with van der Waals surface area (Å²) in [6, 6.07) is 6.86. The van der Waals surface area contributed by atoms with Crippen LogP contribution in [0.1, 0.15) is 45.6 Å². The molecule has 2 aromatic rings. The van der Waals surface area contributed by atoms with E-state index in [0.717, 1.165) is 0 Å². The predicted molar refractivity (Wildman–Crippen MR) is 99.9 cm³/mol. The molecule has 26 heavy (non-hydrogen) atoms. The highest BCUT2D eigenvalue weighted by Crippen LogP contribution is 2.32. The van der Waals surface area contributed by atoms with Gasteiger partial charge in [-0.15, -0.1) is 0 Å². The Hall–Kier alpha value is -2.76. The summed E-state index contributed by atoms with van der Waals surface area (Å²) in [6.45, 7) is 7.16. The molecule has 6 heteroatoms. The maximum absolute atomic E-state index is 12.4. The molecular formula is C20H24N2O4. The third kappa shape index (κ3) is 3.90. The topological polar surface area (TPSA) is 85.4 Å². The van der Waals surface area contributed by atoms with Crippen LogP contribution in [-0.2, 0) is 19.1 Å². The van der Waals surface area contributed by atoms with Crippen LogP contribution >= 0.6 is 0 Å². The molecule has 1 aromatic heterocycles. The highest BCUT2D eigenvalue weighted by Gasteiger charge is 2.30. The number of amides is 1. The van der Waals surface area contributed by atoms with E-state index in [9.17, 15) is 14.4 Å². The summed E-state index contributed by atoms with van der Waals surface area (Å²) in [5.74, 6) is -1.99. The van der Waals surface area contributed by atoms with Crippen molar-refractivity contribution >= 4 is 34.3 Å². The number of rotatable bonds is 5. The number of carbonyl (C=O) groups is 3. The normalized spacial score (nSPS) is 12.5. The van der Waals surface area contributed by atoms with Crippen LogP contribution in [-0.4, -0.2) is 29.8 Å². The van der Waals surface area contributed by atoms with E-state index in [4.69, 9.17) is 4.74 Å². The molecule has 138 valence electrons. The van der Waals surface area contributed by atoms with Crippen LogP contribution in [0.2, 0.25) is 0 Å². The molecule has 0 saturated carbocycles. The predicted octanol–water partition coefficient (Wildman–Crippen LogP) is 3.46. The van der Waals surface area contributed by atoms with Gasteiger partial charge in [0.05, 0.1) is 18.3 Å². The number of ether oxygens (including phenoxy) is 1. The lowest BCUT2D eigenvalue weighted by Crippen LogP contribution is -2.28. The highest BCUT2D eigenvalue weighted by molar-refractivity contribution is 6.09. The first-order chi connectivity index (χ1) is 12.2. The molecule has 0 bridgehead atoms. The van der Waals surface area contributed by atoms with E-state index < -0.39 is 17.3 Å². The first-order valence-electron chi connectivity index (χ1n) is 8.50. The average molecular weight is 356 g/mol. The van der Waals surface area contributed by atoms with Crippen molar-refractivity contribution in [3.8, 4) is 0 Å². The minimum Gasteiger partial charge on any atom is -0.468 e. The molecule has 1 aromatic carbocycles. The number of benzene rings is 1. The van der Waals surface area contributed by atoms with Gasteiger partial charge in [0.15, 0.2) is 5.78 Å². The zero-order valence-corrected chi connectivity index (χ0v) is 15.8. The summed E-state index contributed by atoms with van der Waals surface area (Å²) in [4.78, 5) is 41.3. The van der Waals surface area contributed by atoms with E-state index in [2.05, 4.69) is 10.3 Å². The molecule has 1 amide bonds. The molecule has 1 unspecified atom stereocenters. The number of methoxy groups -OCH3 is 1. The Labute approximate surface area is 152 Å². The Balaban J connectivity index is 2.61. The molecule has 0 fully saturated rings. The minimum atomic E-state index is -1.01. The van der Waals surface area contributed by atoms with Crippen molar-refractivity contribution in [2.75, 3.05) is 12.4 Å². The summed E-state index contributed by atoms with van der Waals surface area (Å²) >= 11 is 0. The van der Waals surface area contributed by atoms with Crippen LogP contribution in [0.4, 0.5) is 5.69 Å². The number of esters is 1. The molecule has 0 radical (unpaired) electrons. The lowest BCUT2D eigenvalue weighted by molar-refractivity contribution is -0.145. The van der Waals surface area contributed by atoms with Gasteiger partial charge in [-0.05, 0) is 17.7 Å². The summed E-state index contributed by atoms with van der Waals surface area (Å²) in [6.07, 6.45) is 1.82. The van der Waals surface area contributed by atoms with Crippen LogP contribution in [0.25, 0.3) is 10.9 Å². The fourth-order valence-corrected chi connectivity index (χ4v) is 2.61. The largest absolute Gasteiger partial charge is 0.468 e. The third-order valence-electron chi connectivity index (χ3n) is 4.15. The van der Waals surface area contributed by atoms with Crippen LogP contribution < -0.4 is 5.32 Å². The molecular weight excluding hydrogens is 332 g/mol. The number of carbonyl (C=O) groups excluding carboxylic acids is 3. The number of nitrogens with one attached hydrogen (secondary N) is 1. The van der Waals surface area contributed by atoms with Crippen LogP contribution in [0.15, 0.2) is 30.5 Å². The van der Waals surface area contributed by atoms with E-state index in [1.807, 2.05) is 20.8 Å². The lowest BCUT2D eigenvalue weighted by atomic mass is 9.89. The second kappa shape index (κ2) is 7.64. The molecule has 1 atom stereocenters. The van der Waals surface area contributed by atoms with Crippen molar-refractivity contribution in [3.63, 3.8) is 0 Å². The first kappa shape index (κ1) is 19.6. The lowest BCUT2D eigenvalue weighted by Gasteiger charge is -2.20. The van der Waals surface area contributed by atoms with Crippen molar-refractivity contribution in [2.45, 2.75) is 40.0 Å². The van der Waals surface area contributed by atoms with Gasteiger partial charge in [-0.25, -0.2) is 0 Å². The number of pyridine rings is 1. The molecule has 0 aliphatic rings. The number of anilines is 1. The molecule has 1 heterocycles. The third-order valence-corrected chi connectivity index (χ3v) is 4.15. The quantitative estimate of drug-likeness (QED) is 0.655. The second-order valence-electron chi connectivity index (χ2n) is 7.08. The maximum atomic E-state index is 12.4. The monoisotopic (exact) mass is 356 g/mol. The second-order valence-corrected chi connectivity index (χ2v) is 7.08. The van der Waals surface area contributed by atoms with Crippen molar-refractivity contribution in [1.29, 1.82) is 0 Å². The smallest absolute Gasteiger partial charge is 0.320 e. The summed E-state index contributed by atoms with van der Waals surface area (Å²) < 4.78 is 4.83. The van der Waals surface area contributed by atoms with E-state index in [1.165, 1.54) is 7.11 Å². The molecule has 6 nitrogen and oxygen atoms in total. The molecule has 0 aliphatic carbocycles. The van der Waals surface area contributed by atoms with Crippen molar-refractivity contribution in [3.05, 3.63) is 36.0 Å². The molecule has 2 rings (SSSR count). The fraction of sp³-hybridized carbons (Fsp3) is 0.400. The average Bonchev–Trinajstić information content (AvgIpc) is 2.62. The van der Waals surface area contributed by atoms with E-state index >= 15 is 0 Å². The van der Waals surface area contributed by atoms with Crippen LogP contribution in [0.3, 0.4) is 0 Å². The standard InChI is InChI=1S/C20H24N2O4/c1-6-15(23)16(18(24)26-5)12-9-10-14(22-19(25)20(2,3)4)17-13(12)8-7-11-21-17/h7-11,16H,6H2,1-5H3,(H,22,25). The van der Waals surface area contributed by atoms with E-state index in [-0.39, 0.29) is 18.1 Å². The number of aromatic nitrogens is 1. The van der Waals surface area contributed by atoms with Gasteiger partial charge in [0, 0.05) is 23.4 Å². The van der Waals surface area contributed by atoms with Crippen LogP contribution in [0.5, 0.6) is 0 Å². The minimum absolute atomic E-state index is 0.147. The van der Waals surface area contributed by atoms with Crippen LogP contribution in [0, 0.1) is 5.41 Å². The van der Waals surface area contributed by atoms with E-state index in [1.54, 1.807) is 37.4 Å². The summed E-state index contributed by atoms with van der Waals surface area (Å²) in [7, 11) is 1.26. The number of fused-ring (bicyclic) bond motifs is 1. The van der Waals surface area contributed by atoms with Crippen molar-refractivity contribution in [2.24, 2.45) is 5.41 Å². The number of Topliss-reactive ketones (excluding diaryl/α,β-unsaturated/α-hetero) is 1. The number of ketones is 1. The molecule has 0 spiro atoms. The van der Waals surface area contributed by atoms with Gasteiger partial charge in [0.1, 0.15) is 5.92 Å². The van der Waals surface area contributed by atoms with Crippen molar-refractivity contribution < 1.29 is 19.1 Å². The number of nitrogens with zero attached hydrogens (tertiary/aromatic N) is 1. The number of hydrogen-bond acceptors (Lipinski definition) is 5. The SMILES string of the molecule is CCC(=O)C(C(=O)OC)c1ccc(NC(=O)C(C)(C)C)c2ncccc12. The zero-order valence-electron chi connectivity index (χ0n) is 15.8. The molecule has 1 N–H and O–H groups in total. The first-order valence-corrected chi connectivity index (χ1v) is 8.50. The summed E-state index contributed by atoms with van der Waals surface area (Å²) in [5.41, 5.74) is 1.03. The Kier molecular flexibility index (Phi) is 5.75. The Morgan fingerprint density at radius 3 is 2.46 bits per heavy atom. The summed E-state index contributed by atoms with van der Waals surface area (Å²) in [5, 5.41) is 3.51. The van der Waals surface area contributed by atoms with E-state index in [0.29, 0.717) is 22.2 Å². The van der Waals surface area contributed by atoms with Gasteiger partial charge < -0.3 is 10.1 Å². The van der Waals surface area contributed by atoms with Gasteiger partial charge in [0.2, 0.25) is 5.91 Å². The van der Waals surface area contributed by atoms with Crippen molar-refractivity contribution in [1.82, 2.24) is 4.98 Å². The Morgan fingerprint density at radius 1 is 1.19 bits per heavy atom. The molecule has 0 saturated heterocycles. The number of hydrogen-bond donors (Lipinski definition) is 1. The van der Waals surface area contributed by atoms with Gasteiger partial charge in [-0.1, -0.05) is 39.8 Å². The Bertz CT molecular complexity index is 837. The van der Waals surface area contributed by atoms with Gasteiger partial charge in [-0.2, -0.15) is 0 Å². The van der Waals surface area contributed by atoms with Gasteiger partial charge in [0.25, 0.3) is 0 Å². The zero-order chi connectivity index (χ0) is 19.5. The molecule has 0 aliphatic heterocycles. The van der Waals surface area contributed by atoms with Gasteiger partial charge >= 0.3 is 5.97 Å². The maximum Gasteiger partial charge on any atom is 0.320 e.